The Morgan fingerprint density at radius 2 is 1.84 bits per heavy atom. The average molecular weight is 542 g/mol. The molecule has 1 saturated carbocycles. The monoisotopic (exact) mass is 542 g/mol. The first kappa shape index (κ1) is 26.4. The molecule has 196 valence electrons. The Morgan fingerprint density at radius 3 is 2.41 bits per heavy atom. The topological polar surface area (TPSA) is 111 Å². The number of sulfone groups is 1. The molecular weight excluding hydrogens is 523 g/mol. The summed E-state index contributed by atoms with van der Waals surface area (Å²) in [5, 5.41) is 8.59. The predicted octanol–water partition coefficient (Wildman–Crippen LogP) is 5.19. The van der Waals surface area contributed by atoms with E-state index in [1.807, 2.05) is 0 Å². The largest absolute Gasteiger partial charge is 0.435 e. The van der Waals surface area contributed by atoms with Gasteiger partial charge in [0, 0.05) is 23.6 Å². The van der Waals surface area contributed by atoms with Gasteiger partial charge in [0.05, 0.1) is 4.90 Å². The lowest BCUT2D eigenvalue weighted by Crippen LogP contribution is -2.21. The third kappa shape index (κ3) is 5.53. The summed E-state index contributed by atoms with van der Waals surface area (Å²) in [6, 6.07) is 5.91. The fraction of sp³-hybridized carbons (Fsp3) is 0.304. The van der Waals surface area contributed by atoms with Crippen LogP contribution < -0.4 is 10.1 Å². The number of hydrogen-bond acceptors (Lipinski definition) is 7. The highest BCUT2D eigenvalue weighted by atomic mass is 32.2. The van der Waals surface area contributed by atoms with Crippen LogP contribution in [0.3, 0.4) is 0 Å². The van der Waals surface area contributed by atoms with Crippen molar-refractivity contribution in [3.05, 3.63) is 64.6 Å². The highest BCUT2D eigenvalue weighted by Gasteiger charge is 2.38. The van der Waals surface area contributed by atoms with E-state index in [0.29, 0.717) is 12.8 Å². The summed E-state index contributed by atoms with van der Waals surface area (Å²) < 4.78 is 98.6. The molecule has 0 unspecified atom stereocenters. The number of hydrogen-bond donors (Lipinski definition) is 1. The predicted molar refractivity (Wildman–Crippen MR) is 120 cm³/mol. The summed E-state index contributed by atoms with van der Waals surface area (Å²) in [4.78, 5) is 16.6. The summed E-state index contributed by atoms with van der Waals surface area (Å²) in [6.07, 6.45) is -1.77. The van der Waals surface area contributed by atoms with Gasteiger partial charge in [-0.3, -0.25) is 4.79 Å². The lowest BCUT2D eigenvalue weighted by molar-refractivity contribution is -0.142. The van der Waals surface area contributed by atoms with Crippen LogP contribution in [-0.4, -0.2) is 35.8 Å². The van der Waals surface area contributed by atoms with Crippen LogP contribution >= 0.6 is 0 Å². The Labute approximate surface area is 207 Å². The Hall–Kier alpha value is -3.68. The molecule has 2 heterocycles. The van der Waals surface area contributed by atoms with Gasteiger partial charge >= 0.3 is 6.18 Å². The van der Waals surface area contributed by atoms with E-state index in [-0.39, 0.29) is 22.2 Å². The fourth-order valence-electron chi connectivity index (χ4n) is 3.70. The first-order valence-electron chi connectivity index (χ1n) is 10.9. The van der Waals surface area contributed by atoms with E-state index in [9.17, 15) is 35.2 Å². The van der Waals surface area contributed by atoms with Gasteiger partial charge in [0.1, 0.15) is 5.56 Å². The van der Waals surface area contributed by atoms with Crippen LogP contribution in [0.25, 0.3) is 0 Å². The Morgan fingerprint density at radius 1 is 1.14 bits per heavy atom. The summed E-state index contributed by atoms with van der Waals surface area (Å²) in [5.41, 5.74) is -2.96. The van der Waals surface area contributed by atoms with E-state index in [0.717, 1.165) is 31.7 Å². The number of ether oxygens (including phenoxy) is 1. The number of benzene rings is 1. The maximum atomic E-state index is 14.7. The van der Waals surface area contributed by atoms with Gasteiger partial charge in [0.25, 0.3) is 17.7 Å². The molecule has 0 radical (unpaired) electrons. The van der Waals surface area contributed by atoms with Gasteiger partial charge in [-0.05, 0) is 49.6 Å². The van der Waals surface area contributed by atoms with E-state index < -0.39 is 62.1 Å². The zero-order valence-electron chi connectivity index (χ0n) is 19.4. The van der Waals surface area contributed by atoms with Gasteiger partial charge < -0.3 is 10.1 Å². The molecular formula is C23H19F5N4O4S. The van der Waals surface area contributed by atoms with Gasteiger partial charge in [-0.25, -0.2) is 17.8 Å². The molecule has 0 saturated heterocycles. The molecule has 0 spiro atoms. The number of carbonyl (C=O) groups is 1. The first-order valence-corrected chi connectivity index (χ1v) is 12.7. The van der Waals surface area contributed by atoms with Crippen molar-refractivity contribution in [2.45, 2.75) is 43.2 Å². The maximum absolute atomic E-state index is 14.7. The number of halogens is 5. The quantitative estimate of drug-likeness (QED) is 0.337. The minimum atomic E-state index is -5.01. The van der Waals surface area contributed by atoms with E-state index in [1.54, 1.807) is 0 Å². The minimum absolute atomic E-state index is 0.0764. The van der Waals surface area contributed by atoms with Gasteiger partial charge in [0.2, 0.25) is 5.75 Å². The van der Waals surface area contributed by atoms with Crippen molar-refractivity contribution in [1.29, 1.82) is 0 Å². The number of alkyl halides is 3. The van der Waals surface area contributed by atoms with Crippen molar-refractivity contribution in [1.82, 2.24) is 15.2 Å². The lowest BCUT2D eigenvalue weighted by Gasteiger charge is -2.25. The number of anilines is 1. The Bertz CT molecular complexity index is 1470. The van der Waals surface area contributed by atoms with Crippen molar-refractivity contribution in [2.75, 3.05) is 11.6 Å². The number of pyridine rings is 1. The molecule has 8 nitrogen and oxygen atoms in total. The number of rotatable bonds is 6. The SMILES string of the molecule is Cc1c(C(F)(F)F)nnc(Oc2c(F)cc(C3CCC3)nc2F)c1C(=O)Nc1cccc(S(C)(=O)=O)c1. The second-order valence-corrected chi connectivity index (χ2v) is 10.5. The van der Waals surface area contributed by atoms with Crippen LogP contribution in [0.4, 0.5) is 27.6 Å². The van der Waals surface area contributed by atoms with E-state index in [1.165, 1.54) is 18.2 Å². The van der Waals surface area contributed by atoms with Crippen LogP contribution in [0, 0.1) is 18.7 Å². The zero-order chi connectivity index (χ0) is 27.1. The normalized spacial score (nSPS) is 14.2. The first-order chi connectivity index (χ1) is 17.3. The molecule has 1 aliphatic carbocycles. The second kappa shape index (κ2) is 9.65. The van der Waals surface area contributed by atoms with E-state index in [4.69, 9.17) is 4.74 Å². The van der Waals surface area contributed by atoms with Crippen LogP contribution in [0.2, 0.25) is 0 Å². The van der Waals surface area contributed by atoms with Crippen molar-refractivity contribution < 1.29 is 39.9 Å². The highest BCUT2D eigenvalue weighted by Crippen LogP contribution is 2.39. The molecule has 1 fully saturated rings. The number of carbonyl (C=O) groups excluding carboxylic acids is 1. The summed E-state index contributed by atoms with van der Waals surface area (Å²) in [6.45, 7) is 0.914. The highest BCUT2D eigenvalue weighted by molar-refractivity contribution is 7.90. The number of nitrogens with one attached hydrogen (secondary N) is 1. The lowest BCUT2D eigenvalue weighted by atomic mass is 9.83. The van der Waals surface area contributed by atoms with Crippen LogP contribution in [0.5, 0.6) is 11.6 Å². The average Bonchev–Trinajstić information content (AvgIpc) is 2.73. The molecule has 1 aromatic carbocycles. The Kier molecular flexibility index (Phi) is 6.88. The van der Waals surface area contributed by atoms with Gasteiger partial charge in [0.15, 0.2) is 21.3 Å². The van der Waals surface area contributed by atoms with Crippen molar-refractivity contribution >= 4 is 21.4 Å². The molecule has 1 N–H and O–H groups in total. The molecule has 37 heavy (non-hydrogen) atoms. The van der Waals surface area contributed by atoms with Crippen molar-refractivity contribution in [3.63, 3.8) is 0 Å². The van der Waals surface area contributed by atoms with Gasteiger partial charge in [-0.15, -0.1) is 10.2 Å². The number of amides is 1. The van der Waals surface area contributed by atoms with E-state index in [2.05, 4.69) is 20.5 Å². The maximum Gasteiger partial charge on any atom is 0.435 e. The second-order valence-electron chi connectivity index (χ2n) is 8.48. The Balaban J connectivity index is 1.75. The van der Waals surface area contributed by atoms with Gasteiger partial charge in [-0.2, -0.15) is 17.6 Å². The zero-order valence-corrected chi connectivity index (χ0v) is 20.2. The summed E-state index contributed by atoms with van der Waals surface area (Å²) in [5.74, 6) is -5.84. The third-order valence-electron chi connectivity index (χ3n) is 5.83. The molecule has 1 amide bonds. The molecule has 14 heteroatoms. The van der Waals surface area contributed by atoms with Crippen LogP contribution in [0.15, 0.2) is 35.2 Å². The number of nitrogens with zero attached hydrogens (tertiary/aromatic N) is 3. The minimum Gasteiger partial charge on any atom is -0.429 e. The van der Waals surface area contributed by atoms with Crippen molar-refractivity contribution in [2.24, 2.45) is 0 Å². The van der Waals surface area contributed by atoms with Gasteiger partial charge in [-0.1, -0.05) is 12.5 Å². The fourth-order valence-corrected chi connectivity index (χ4v) is 4.36. The summed E-state index contributed by atoms with van der Waals surface area (Å²) >= 11 is 0. The molecule has 1 aliphatic rings. The number of aromatic nitrogens is 3. The molecule has 4 rings (SSSR count). The molecule has 0 bridgehead atoms. The molecule has 3 aromatic rings. The standard InChI is InChI=1S/C23H19F5N4O4S/c1-11-17(21(33)29-13-7-4-8-14(9-13)37(2,34)35)22(32-31-19(11)23(26,27)28)36-18-15(24)10-16(30-20(18)25)12-5-3-6-12/h4,7-10,12H,3,5-6H2,1-2H3,(H,29,33). The van der Waals surface area contributed by atoms with Crippen LogP contribution in [0.1, 0.15) is 52.5 Å². The third-order valence-corrected chi connectivity index (χ3v) is 6.94. The van der Waals surface area contributed by atoms with Crippen molar-refractivity contribution in [3.8, 4) is 11.6 Å². The smallest absolute Gasteiger partial charge is 0.429 e. The molecule has 0 atom stereocenters. The molecule has 2 aromatic heterocycles. The summed E-state index contributed by atoms with van der Waals surface area (Å²) in [7, 11) is -3.66. The van der Waals surface area contributed by atoms with Crippen LogP contribution in [-0.2, 0) is 16.0 Å². The van der Waals surface area contributed by atoms with E-state index >= 15 is 0 Å². The molecule has 0 aliphatic heterocycles.